The van der Waals surface area contributed by atoms with Crippen molar-refractivity contribution in [3.63, 3.8) is 0 Å². The van der Waals surface area contributed by atoms with Crippen LogP contribution >= 0.6 is 0 Å². The summed E-state index contributed by atoms with van der Waals surface area (Å²) in [4.78, 5) is 2.16. The molecule has 1 fully saturated rings. The first-order valence-corrected chi connectivity index (χ1v) is 4.60. The van der Waals surface area contributed by atoms with E-state index in [0.29, 0.717) is 18.2 Å². The third-order valence-corrected chi connectivity index (χ3v) is 2.33. The quantitative estimate of drug-likeness (QED) is 0.673. The summed E-state index contributed by atoms with van der Waals surface area (Å²) in [6.07, 6.45) is 1.57. The number of hydrogen-bond acceptors (Lipinski definition) is 3. The smallest absolute Gasteiger partial charge is 0.0721 e. The lowest BCUT2D eigenvalue weighted by Gasteiger charge is -2.15. The van der Waals surface area contributed by atoms with Crippen LogP contribution in [-0.2, 0) is 4.74 Å². The lowest BCUT2D eigenvalue weighted by molar-refractivity contribution is 0.0148. The average Bonchev–Trinajstić information content (AvgIpc) is 2.29. The van der Waals surface area contributed by atoms with Crippen molar-refractivity contribution >= 4 is 0 Å². The first kappa shape index (κ1) is 9.96. The molecule has 1 rings (SSSR count). The fourth-order valence-electron chi connectivity index (χ4n) is 1.73. The van der Waals surface area contributed by atoms with Gasteiger partial charge in [0.15, 0.2) is 0 Å². The second-order valence-electron chi connectivity index (χ2n) is 3.82. The number of aliphatic hydroxyl groups is 1. The molecule has 1 aliphatic heterocycles. The fraction of sp³-hybridized carbons (Fsp3) is 1.00. The minimum absolute atomic E-state index is 0.244. The zero-order chi connectivity index (χ0) is 9.14. The summed E-state index contributed by atoms with van der Waals surface area (Å²) in [5.41, 5.74) is 0. The first-order chi connectivity index (χ1) is 5.63. The van der Waals surface area contributed by atoms with Gasteiger partial charge in [-0.25, -0.2) is 0 Å². The van der Waals surface area contributed by atoms with Crippen LogP contribution in [0.2, 0.25) is 0 Å². The van der Waals surface area contributed by atoms with E-state index in [1.165, 1.54) is 0 Å². The Bertz CT molecular complexity index is 138. The molecule has 2 unspecified atom stereocenters. The van der Waals surface area contributed by atoms with Crippen molar-refractivity contribution in [2.45, 2.75) is 38.5 Å². The monoisotopic (exact) mass is 173 g/mol. The van der Waals surface area contributed by atoms with E-state index < -0.39 is 0 Å². The zero-order valence-corrected chi connectivity index (χ0v) is 8.16. The summed E-state index contributed by atoms with van der Waals surface area (Å²) in [7, 11) is 2.03. The van der Waals surface area contributed by atoms with Gasteiger partial charge in [-0.2, -0.15) is 0 Å². The molecule has 0 aromatic carbocycles. The first-order valence-electron chi connectivity index (χ1n) is 4.60. The van der Waals surface area contributed by atoms with E-state index in [9.17, 15) is 0 Å². The minimum Gasteiger partial charge on any atom is -0.395 e. The Kier molecular flexibility index (Phi) is 3.50. The summed E-state index contributed by atoms with van der Waals surface area (Å²) >= 11 is 0. The molecule has 3 nitrogen and oxygen atoms in total. The van der Waals surface area contributed by atoms with E-state index in [2.05, 4.69) is 4.90 Å². The van der Waals surface area contributed by atoms with Gasteiger partial charge in [-0.15, -0.1) is 0 Å². The summed E-state index contributed by atoms with van der Waals surface area (Å²) in [5.74, 6) is 0. The maximum Gasteiger partial charge on any atom is 0.0721 e. The van der Waals surface area contributed by atoms with E-state index in [1.54, 1.807) is 0 Å². The molecular formula is C9H19NO2. The Hall–Kier alpha value is -0.120. The van der Waals surface area contributed by atoms with Crippen LogP contribution < -0.4 is 0 Å². The van der Waals surface area contributed by atoms with Gasteiger partial charge in [0.25, 0.3) is 0 Å². The minimum atomic E-state index is 0.244. The lowest BCUT2D eigenvalue weighted by Crippen LogP contribution is -2.28. The Balaban J connectivity index is 2.33. The number of likely N-dealkylation sites (tertiary alicyclic amines) is 1. The van der Waals surface area contributed by atoms with Crippen molar-refractivity contribution in [1.82, 2.24) is 4.90 Å². The standard InChI is InChI=1S/C9H19NO2/c1-7(2)12-9-4-8(6-11)10(3)5-9/h7-9,11H,4-6H2,1-3H3. The Morgan fingerprint density at radius 1 is 1.58 bits per heavy atom. The number of hydrogen-bond donors (Lipinski definition) is 1. The van der Waals surface area contributed by atoms with Crippen LogP contribution in [0.25, 0.3) is 0 Å². The van der Waals surface area contributed by atoms with Crippen molar-refractivity contribution in [2.75, 3.05) is 20.2 Å². The zero-order valence-electron chi connectivity index (χ0n) is 8.16. The van der Waals surface area contributed by atoms with Crippen molar-refractivity contribution in [3.05, 3.63) is 0 Å². The van der Waals surface area contributed by atoms with E-state index in [4.69, 9.17) is 9.84 Å². The van der Waals surface area contributed by atoms with E-state index in [-0.39, 0.29) is 6.61 Å². The Morgan fingerprint density at radius 3 is 2.67 bits per heavy atom. The molecule has 12 heavy (non-hydrogen) atoms. The molecule has 1 aliphatic rings. The molecule has 72 valence electrons. The molecule has 0 saturated carbocycles. The molecule has 3 heteroatoms. The van der Waals surface area contributed by atoms with Crippen LogP contribution in [0.15, 0.2) is 0 Å². The predicted molar refractivity (Wildman–Crippen MR) is 48.1 cm³/mol. The molecule has 1 heterocycles. The highest BCUT2D eigenvalue weighted by Gasteiger charge is 2.29. The SMILES string of the molecule is CC(C)OC1CC(CO)N(C)C1. The highest BCUT2D eigenvalue weighted by atomic mass is 16.5. The third kappa shape index (κ3) is 2.44. The maximum absolute atomic E-state index is 8.99. The van der Waals surface area contributed by atoms with Gasteiger partial charge in [0, 0.05) is 12.6 Å². The summed E-state index contributed by atoms with van der Waals surface area (Å²) in [5, 5.41) is 8.99. The van der Waals surface area contributed by atoms with Gasteiger partial charge in [-0.05, 0) is 27.3 Å². The number of aliphatic hydroxyl groups excluding tert-OH is 1. The normalized spacial score (nSPS) is 31.8. The van der Waals surface area contributed by atoms with Gasteiger partial charge in [-0.3, -0.25) is 4.90 Å². The second-order valence-corrected chi connectivity index (χ2v) is 3.82. The Labute approximate surface area is 74.3 Å². The molecule has 0 aliphatic carbocycles. The average molecular weight is 173 g/mol. The molecule has 2 atom stereocenters. The number of rotatable bonds is 3. The predicted octanol–water partition coefficient (Wildman–Crippen LogP) is 0.476. The van der Waals surface area contributed by atoms with Gasteiger partial charge in [0.1, 0.15) is 0 Å². The molecule has 0 aromatic rings. The van der Waals surface area contributed by atoms with Crippen LogP contribution in [0, 0.1) is 0 Å². The van der Waals surface area contributed by atoms with Crippen LogP contribution in [0.5, 0.6) is 0 Å². The second kappa shape index (κ2) is 4.21. The van der Waals surface area contributed by atoms with Crippen LogP contribution in [0.3, 0.4) is 0 Å². The Morgan fingerprint density at radius 2 is 2.25 bits per heavy atom. The van der Waals surface area contributed by atoms with Gasteiger partial charge in [0.05, 0.1) is 18.8 Å². The van der Waals surface area contributed by atoms with E-state index >= 15 is 0 Å². The summed E-state index contributed by atoms with van der Waals surface area (Å²) in [6.45, 7) is 5.29. The van der Waals surface area contributed by atoms with Crippen molar-refractivity contribution in [1.29, 1.82) is 0 Å². The van der Waals surface area contributed by atoms with Gasteiger partial charge in [0.2, 0.25) is 0 Å². The van der Waals surface area contributed by atoms with Gasteiger partial charge >= 0.3 is 0 Å². The molecule has 0 aromatic heterocycles. The summed E-state index contributed by atoms with van der Waals surface area (Å²) < 4.78 is 5.66. The van der Waals surface area contributed by atoms with Crippen LogP contribution in [-0.4, -0.2) is 48.5 Å². The molecule has 0 spiro atoms. The summed E-state index contributed by atoms with van der Waals surface area (Å²) in [6, 6.07) is 0.300. The molecule has 0 bridgehead atoms. The number of nitrogens with zero attached hydrogens (tertiary/aromatic N) is 1. The largest absolute Gasteiger partial charge is 0.395 e. The van der Waals surface area contributed by atoms with Crippen molar-refractivity contribution < 1.29 is 9.84 Å². The lowest BCUT2D eigenvalue weighted by atomic mass is 10.2. The van der Waals surface area contributed by atoms with Gasteiger partial charge in [-0.1, -0.05) is 0 Å². The van der Waals surface area contributed by atoms with Crippen LogP contribution in [0.4, 0.5) is 0 Å². The number of likely N-dealkylation sites (N-methyl/N-ethyl adjacent to an activating group) is 1. The maximum atomic E-state index is 8.99. The fourth-order valence-corrected chi connectivity index (χ4v) is 1.73. The molecule has 0 radical (unpaired) electrons. The van der Waals surface area contributed by atoms with Gasteiger partial charge < -0.3 is 9.84 Å². The molecule has 1 N–H and O–H groups in total. The molecular weight excluding hydrogens is 154 g/mol. The molecule has 0 amide bonds. The van der Waals surface area contributed by atoms with E-state index in [0.717, 1.165) is 13.0 Å². The third-order valence-electron chi connectivity index (χ3n) is 2.33. The van der Waals surface area contributed by atoms with E-state index in [1.807, 2.05) is 20.9 Å². The topological polar surface area (TPSA) is 32.7 Å². The molecule has 1 saturated heterocycles. The van der Waals surface area contributed by atoms with Crippen LogP contribution in [0.1, 0.15) is 20.3 Å². The van der Waals surface area contributed by atoms with Crippen molar-refractivity contribution in [3.8, 4) is 0 Å². The highest BCUT2D eigenvalue weighted by Crippen LogP contribution is 2.18. The highest BCUT2D eigenvalue weighted by molar-refractivity contribution is 4.83. The van der Waals surface area contributed by atoms with Crippen molar-refractivity contribution in [2.24, 2.45) is 0 Å². The number of ether oxygens (including phenoxy) is 1.